The van der Waals surface area contributed by atoms with Gasteiger partial charge in [0.25, 0.3) is 0 Å². The van der Waals surface area contributed by atoms with Gasteiger partial charge in [-0.2, -0.15) is 0 Å². The lowest BCUT2D eigenvalue weighted by molar-refractivity contribution is 0.115. The molecule has 0 spiro atoms. The minimum atomic E-state index is 0.416. The number of nitrogens with zero attached hydrogens (tertiary/aromatic N) is 1. The van der Waals surface area contributed by atoms with Crippen molar-refractivity contribution in [1.29, 1.82) is 0 Å². The minimum Gasteiger partial charge on any atom is -0.376 e. The fraction of sp³-hybridized carbons (Fsp3) is 0.647. The zero-order chi connectivity index (χ0) is 13.8. The van der Waals surface area contributed by atoms with Gasteiger partial charge in [-0.1, -0.05) is 18.2 Å². The molecule has 1 atom stereocenters. The van der Waals surface area contributed by atoms with Gasteiger partial charge in [0.1, 0.15) is 0 Å². The van der Waals surface area contributed by atoms with Crippen molar-refractivity contribution in [2.75, 3.05) is 24.6 Å². The van der Waals surface area contributed by atoms with Gasteiger partial charge in [0.15, 0.2) is 0 Å². The van der Waals surface area contributed by atoms with E-state index in [1.54, 1.807) is 0 Å². The highest BCUT2D eigenvalue weighted by Crippen LogP contribution is 2.25. The highest BCUT2D eigenvalue weighted by molar-refractivity contribution is 5.53. The van der Waals surface area contributed by atoms with Crippen LogP contribution in [0.5, 0.6) is 0 Å². The van der Waals surface area contributed by atoms with Crippen LogP contribution in [0.3, 0.4) is 0 Å². The molecule has 110 valence electrons. The maximum atomic E-state index is 5.80. The number of benzene rings is 1. The molecule has 1 unspecified atom stereocenters. The first kappa shape index (κ1) is 13.9. The van der Waals surface area contributed by atoms with Crippen LogP contribution in [-0.4, -0.2) is 31.8 Å². The van der Waals surface area contributed by atoms with Gasteiger partial charge >= 0.3 is 0 Å². The molecule has 1 aliphatic heterocycles. The Labute approximate surface area is 122 Å². The van der Waals surface area contributed by atoms with Crippen LogP contribution in [0, 0.1) is 0 Å². The van der Waals surface area contributed by atoms with Gasteiger partial charge in [0.2, 0.25) is 0 Å². The molecule has 1 aromatic carbocycles. The third-order valence-corrected chi connectivity index (χ3v) is 4.32. The Morgan fingerprint density at radius 1 is 1.25 bits per heavy atom. The molecular weight excluding hydrogens is 248 g/mol. The van der Waals surface area contributed by atoms with Crippen molar-refractivity contribution in [1.82, 2.24) is 5.32 Å². The number of para-hydroxylation sites is 1. The summed E-state index contributed by atoms with van der Waals surface area (Å²) >= 11 is 0. The van der Waals surface area contributed by atoms with Gasteiger partial charge in [-0.25, -0.2) is 0 Å². The van der Waals surface area contributed by atoms with Gasteiger partial charge < -0.3 is 15.0 Å². The Hall–Kier alpha value is -1.06. The van der Waals surface area contributed by atoms with Crippen molar-refractivity contribution in [3.63, 3.8) is 0 Å². The molecule has 1 heterocycles. The summed E-state index contributed by atoms with van der Waals surface area (Å²) in [5.74, 6) is 0. The Bertz CT molecular complexity index is 425. The highest BCUT2D eigenvalue weighted by Gasteiger charge is 2.22. The van der Waals surface area contributed by atoms with Crippen LogP contribution in [0.4, 0.5) is 5.69 Å². The number of nitrogens with one attached hydrogen (secondary N) is 1. The summed E-state index contributed by atoms with van der Waals surface area (Å²) in [5, 5.41) is 3.63. The van der Waals surface area contributed by atoms with Gasteiger partial charge in [-0.05, 0) is 44.2 Å². The smallest absolute Gasteiger partial charge is 0.0750 e. The Morgan fingerprint density at radius 2 is 2.10 bits per heavy atom. The van der Waals surface area contributed by atoms with Crippen molar-refractivity contribution in [3.8, 4) is 0 Å². The number of ether oxygens (including phenoxy) is 1. The topological polar surface area (TPSA) is 24.5 Å². The van der Waals surface area contributed by atoms with E-state index in [1.807, 2.05) is 0 Å². The van der Waals surface area contributed by atoms with E-state index in [0.717, 1.165) is 32.3 Å². The van der Waals surface area contributed by atoms with E-state index in [0.29, 0.717) is 6.10 Å². The molecule has 1 saturated heterocycles. The van der Waals surface area contributed by atoms with Gasteiger partial charge in [0, 0.05) is 38.0 Å². The molecule has 20 heavy (non-hydrogen) atoms. The fourth-order valence-corrected chi connectivity index (χ4v) is 2.94. The molecule has 1 aliphatic carbocycles. The van der Waals surface area contributed by atoms with Crippen LogP contribution < -0.4 is 10.2 Å². The molecule has 0 amide bonds. The molecule has 0 bridgehead atoms. The molecule has 1 aromatic rings. The second kappa shape index (κ2) is 6.59. The standard InChI is InChI=1S/C17H26N2O/c1-2-19(13-16-7-5-11-20-16)17-8-4-3-6-14(17)12-18-15-9-10-15/h3-4,6,8,15-16,18H,2,5,7,9-13H2,1H3. The van der Waals surface area contributed by atoms with Crippen LogP contribution in [0.15, 0.2) is 24.3 Å². The van der Waals surface area contributed by atoms with E-state index in [9.17, 15) is 0 Å². The first-order chi connectivity index (χ1) is 9.86. The molecule has 3 rings (SSSR count). The normalized spacial score (nSPS) is 22.1. The molecule has 3 heteroatoms. The molecule has 1 N–H and O–H groups in total. The number of anilines is 1. The van der Waals surface area contributed by atoms with E-state index in [4.69, 9.17) is 4.74 Å². The van der Waals surface area contributed by atoms with Gasteiger partial charge in [-0.15, -0.1) is 0 Å². The molecule has 2 aliphatic rings. The highest BCUT2D eigenvalue weighted by atomic mass is 16.5. The zero-order valence-electron chi connectivity index (χ0n) is 12.5. The average molecular weight is 274 g/mol. The monoisotopic (exact) mass is 274 g/mol. The van der Waals surface area contributed by atoms with Gasteiger partial charge in [-0.3, -0.25) is 0 Å². The second-order valence-electron chi connectivity index (χ2n) is 5.96. The maximum Gasteiger partial charge on any atom is 0.0750 e. The number of rotatable bonds is 7. The number of likely N-dealkylation sites (N-methyl/N-ethyl adjacent to an activating group) is 1. The van der Waals surface area contributed by atoms with Crippen LogP contribution in [-0.2, 0) is 11.3 Å². The summed E-state index contributed by atoms with van der Waals surface area (Å²) in [6.07, 6.45) is 5.52. The van der Waals surface area contributed by atoms with E-state index in [-0.39, 0.29) is 0 Å². The van der Waals surface area contributed by atoms with Crippen molar-refractivity contribution in [2.24, 2.45) is 0 Å². The van der Waals surface area contributed by atoms with Crippen molar-refractivity contribution >= 4 is 5.69 Å². The predicted molar refractivity (Wildman–Crippen MR) is 83.2 cm³/mol. The lowest BCUT2D eigenvalue weighted by atomic mass is 10.1. The molecule has 1 saturated carbocycles. The SMILES string of the molecule is CCN(CC1CCCO1)c1ccccc1CNC1CC1. The molecule has 0 radical (unpaired) electrons. The molecule has 2 fully saturated rings. The second-order valence-corrected chi connectivity index (χ2v) is 5.96. The largest absolute Gasteiger partial charge is 0.376 e. The Morgan fingerprint density at radius 3 is 2.80 bits per heavy atom. The molecule has 0 aromatic heterocycles. The average Bonchev–Trinajstić information content (AvgIpc) is 3.18. The summed E-state index contributed by atoms with van der Waals surface area (Å²) < 4.78 is 5.80. The lowest BCUT2D eigenvalue weighted by Crippen LogP contribution is -2.33. The third kappa shape index (κ3) is 3.53. The third-order valence-electron chi connectivity index (χ3n) is 4.32. The van der Waals surface area contributed by atoms with Crippen LogP contribution in [0.25, 0.3) is 0 Å². The van der Waals surface area contributed by atoms with E-state index in [2.05, 4.69) is 41.4 Å². The van der Waals surface area contributed by atoms with Crippen LogP contribution in [0.1, 0.15) is 38.2 Å². The predicted octanol–water partition coefficient (Wildman–Crippen LogP) is 2.94. The Balaban J connectivity index is 1.67. The van der Waals surface area contributed by atoms with Crippen molar-refractivity contribution in [2.45, 2.75) is 51.3 Å². The first-order valence-corrected chi connectivity index (χ1v) is 8.04. The first-order valence-electron chi connectivity index (χ1n) is 8.04. The summed E-state index contributed by atoms with van der Waals surface area (Å²) in [6, 6.07) is 9.56. The number of hydrogen-bond donors (Lipinski definition) is 1. The van der Waals surface area contributed by atoms with Crippen molar-refractivity contribution < 1.29 is 4.74 Å². The Kier molecular flexibility index (Phi) is 4.58. The van der Waals surface area contributed by atoms with Gasteiger partial charge in [0.05, 0.1) is 6.10 Å². The fourth-order valence-electron chi connectivity index (χ4n) is 2.94. The molecule has 3 nitrogen and oxygen atoms in total. The van der Waals surface area contributed by atoms with Crippen LogP contribution >= 0.6 is 0 Å². The maximum absolute atomic E-state index is 5.80. The van der Waals surface area contributed by atoms with E-state index in [1.165, 1.54) is 36.9 Å². The summed E-state index contributed by atoms with van der Waals surface area (Å²) in [7, 11) is 0. The zero-order valence-corrected chi connectivity index (χ0v) is 12.5. The van der Waals surface area contributed by atoms with Crippen LogP contribution in [0.2, 0.25) is 0 Å². The quantitative estimate of drug-likeness (QED) is 0.827. The van der Waals surface area contributed by atoms with E-state index >= 15 is 0 Å². The van der Waals surface area contributed by atoms with Crippen molar-refractivity contribution in [3.05, 3.63) is 29.8 Å². The summed E-state index contributed by atoms with van der Waals surface area (Å²) in [4.78, 5) is 2.47. The lowest BCUT2D eigenvalue weighted by Gasteiger charge is -2.28. The number of hydrogen-bond acceptors (Lipinski definition) is 3. The summed E-state index contributed by atoms with van der Waals surface area (Å²) in [6.45, 7) is 6.23. The van der Waals surface area contributed by atoms with E-state index < -0.39 is 0 Å². The summed E-state index contributed by atoms with van der Waals surface area (Å²) in [5.41, 5.74) is 2.79. The minimum absolute atomic E-state index is 0.416. The molecular formula is C17H26N2O.